The van der Waals surface area contributed by atoms with E-state index in [1.54, 1.807) is 0 Å². The van der Waals surface area contributed by atoms with Crippen molar-refractivity contribution in [1.82, 2.24) is 5.32 Å². The normalized spacial score (nSPS) is 16.9. The van der Waals surface area contributed by atoms with Crippen molar-refractivity contribution in [2.45, 2.75) is 43.0 Å². The average molecular weight is 293 g/mol. The maximum Gasteiger partial charge on any atom is 0.329 e. The van der Waals surface area contributed by atoms with Crippen LogP contribution in [0.5, 0.6) is 0 Å². The van der Waals surface area contributed by atoms with Gasteiger partial charge in [-0.1, -0.05) is 30.5 Å². The molecule has 0 radical (unpaired) electrons. The molecule has 0 saturated heterocycles. The van der Waals surface area contributed by atoms with Gasteiger partial charge in [-0.25, -0.2) is 4.79 Å². The Labute approximate surface area is 123 Å². The van der Waals surface area contributed by atoms with Crippen LogP contribution in [0.1, 0.15) is 31.2 Å². The number of benzene rings is 1. The van der Waals surface area contributed by atoms with Crippen LogP contribution in [-0.4, -0.2) is 28.3 Å². The number of amides is 1. The van der Waals surface area contributed by atoms with E-state index in [4.69, 9.17) is 0 Å². The molecule has 5 heteroatoms. The molecule has 1 amide bonds. The number of carboxylic acids is 1. The van der Waals surface area contributed by atoms with Gasteiger partial charge in [0.15, 0.2) is 0 Å². The summed E-state index contributed by atoms with van der Waals surface area (Å²) in [7, 11) is 0. The lowest BCUT2D eigenvalue weighted by atomic mass is 9.98. The van der Waals surface area contributed by atoms with Gasteiger partial charge in [-0.2, -0.15) is 0 Å². The summed E-state index contributed by atoms with van der Waals surface area (Å²) in [5, 5.41) is 12.0. The Hall–Kier alpha value is -1.49. The lowest BCUT2D eigenvalue weighted by Gasteiger charge is -2.25. The summed E-state index contributed by atoms with van der Waals surface area (Å²) >= 11 is 1.43. The van der Waals surface area contributed by atoms with Crippen LogP contribution in [0, 0.1) is 6.92 Å². The third-order valence-corrected chi connectivity index (χ3v) is 4.65. The smallest absolute Gasteiger partial charge is 0.329 e. The van der Waals surface area contributed by atoms with Crippen molar-refractivity contribution in [1.29, 1.82) is 0 Å². The second-order valence-corrected chi connectivity index (χ2v) is 6.29. The Morgan fingerprint density at radius 2 is 1.85 bits per heavy atom. The fourth-order valence-electron chi connectivity index (χ4n) is 2.46. The molecule has 0 aromatic heterocycles. The zero-order valence-electron chi connectivity index (χ0n) is 11.5. The molecular weight excluding hydrogens is 274 g/mol. The molecule has 0 heterocycles. The largest absolute Gasteiger partial charge is 0.480 e. The maximum absolute atomic E-state index is 12.0. The first kappa shape index (κ1) is 14.9. The molecule has 4 nitrogen and oxygen atoms in total. The number of rotatable bonds is 5. The van der Waals surface area contributed by atoms with Crippen LogP contribution in [0.25, 0.3) is 0 Å². The van der Waals surface area contributed by atoms with Gasteiger partial charge in [0.1, 0.15) is 5.54 Å². The number of hydrogen-bond donors (Lipinski definition) is 2. The highest BCUT2D eigenvalue weighted by molar-refractivity contribution is 8.00. The number of carbonyl (C=O) groups excluding carboxylic acids is 1. The lowest BCUT2D eigenvalue weighted by molar-refractivity contribution is -0.147. The lowest BCUT2D eigenvalue weighted by Crippen LogP contribution is -2.53. The molecule has 2 rings (SSSR count). The Balaban J connectivity index is 1.89. The van der Waals surface area contributed by atoms with Crippen LogP contribution in [0.15, 0.2) is 29.2 Å². The number of aliphatic carboxylic acids is 1. The third-order valence-electron chi connectivity index (χ3n) is 3.64. The number of thioether (sulfide) groups is 1. The minimum absolute atomic E-state index is 0.208. The van der Waals surface area contributed by atoms with Crippen LogP contribution in [0.4, 0.5) is 0 Å². The van der Waals surface area contributed by atoms with Crippen molar-refractivity contribution < 1.29 is 14.7 Å². The Bertz CT molecular complexity index is 492. The highest BCUT2D eigenvalue weighted by Gasteiger charge is 2.42. The van der Waals surface area contributed by atoms with Crippen LogP contribution >= 0.6 is 11.8 Å². The van der Waals surface area contributed by atoms with Gasteiger partial charge in [0.05, 0.1) is 5.75 Å². The monoisotopic (exact) mass is 293 g/mol. The van der Waals surface area contributed by atoms with E-state index in [2.05, 4.69) is 5.32 Å². The molecule has 0 spiro atoms. The highest BCUT2D eigenvalue weighted by Crippen LogP contribution is 2.30. The predicted octanol–water partition coefficient (Wildman–Crippen LogP) is 2.60. The van der Waals surface area contributed by atoms with E-state index in [1.165, 1.54) is 17.3 Å². The van der Waals surface area contributed by atoms with Gasteiger partial charge in [-0.3, -0.25) is 4.79 Å². The zero-order valence-corrected chi connectivity index (χ0v) is 12.3. The zero-order chi connectivity index (χ0) is 14.6. The van der Waals surface area contributed by atoms with Crippen molar-refractivity contribution >= 4 is 23.6 Å². The molecule has 1 saturated carbocycles. The third kappa shape index (κ3) is 3.54. The topological polar surface area (TPSA) is 66.4 Å². The fourth-order valence-corrected chi connectivity index (χ4v) is 3.16. The molecule has 1 aromatic carbocycles. The van der Waals surface area contributed by atoms with E-state index in [-0.39, 0.29) is 11.7 Å². The molecular formula is C15H19NO3S. The molecule has 1 aliphatic carbocycles. The highest BCUT2D eigenvalue weighted by atomic mass is 32.2. The number of carboxylic acid groups (broad SMARTS) is 1. The summed E-state index contributed by atoms with van der Waals surface area (Å²) < 4.78 is 0. The summed E-state index contributed by atoms with van der Waals surface area (Å²) in [6.07, 6.45) is 2.78. The Morgan fingerprint density at radius 1 is 1.25 bits per heavy atom. The number of aryl methyl sites for hydroxylation is 1. The molecule has 20 heavy (non-hydrogen) atoms. The Morgan fingerprint density at radius 3 is 2.40 bits per heavy atom. The molecule has 0 atom stereocenters. The van der Waals surface area contributed by atoms with E-state index in [0.717, 1.165) is 17.7 Å². The standard InChI is InChI=1S/C15H19NO3S/c1-11-4-6-12(7-5-11)20-10-13(17)16-15(14(18)19)8-2-3-9-15/h4-7H,2-3,8-10H2,1H3,(H,16,17)(H,18,19). The van der Waals surface area contributed by atoms with Gasteiger partial charge in [-0.15, -0.1) is 11.8 Å². The molecule has 108 valence electrons. The van der Waals surface area contributed by atoms with Gasteiger partial charge >= 0.3 is 5.97 Å². The van der Waals surface area contributed by atoms with Crippen molar-refractivity contribution in [2.24, 2.45) is 0 Å². The quantitative estimate of drug-likeness (QED) is 0.819. The van der Waals surface area contributed by atoms with Crippen LogP contribution in [0.2, 0.25) is 0 Å². The van der Waals surface area contributed by atoms with Crippen LogP contribution < -0.4 is 5.32 Å². The summed E-state index contributed by atoms with van der Waals surface area (Å²) in [6, 6.07) is 7.93. The summed E-state index contributed by atoms with van der Waals surface area (Å²) in [5.41, 5.74) is 0.139. The SMILES string of the molecule is Cc1ccc(SCC(=O)NC2(C(=O)O)CCCC2)cc1. The van der Waals surface area contributed by atoms with E-state index < -0.39 is 11.5 Å². The summed E-state index contributed by atoms with van der Waals surface area (Å²) in [5.74, 6) is -0.874. The van der Waals surface area contributed by atoms with Gasteiger partial charge in [0, 0.05) is 4.90 Å². The first-order valence-corrected chi connectivity index (χ1v) is 7.74. The van der Waals surface area contributed by atoms with E-state index in [0.29, 0.717) is 12.8 Å². The fraction of sp³-hybridized carbons (Fsp3) is 0.467. The van der Waals surface area contributed by atoms with Crippen LogP contribution in [-0.2, 0) is 9.59 Å². The van der Waals surface area contributed by atoms with Gasteiger partial charge < -0.3 is 10.4 Å². The second-order valence-electron chi connectivity index (χ2n) is 5.24. The summed E-state index contributed by atoms with van der Waals surface area (Å²) in [6.45, 7) is 2.01. The van der Waals surface area contributed by atoms with Gasteiger partial charge in [0.25, 0.3) is 0 Å². The number of hydrogen-bond acceptors (Lipinski definition) is 3. The van der Waals surface area contributed by atoms with Crippen LogP contribution in [0.3, 0.4) is 0 Å². The molecule has 2 N–H and O–H groups in total. The summed E-state index contributed by atoms with van der Waals surface area (Å²) in [4.78, 5) is 24.3. The minimum Gasteiger partial charge on any atom is -0.480 e. The Kier molecular flexibility index (Phi) is 4.70. The first-order valence-electron chi connectivity index (χ1n) is 6.76. The van der Waals surface area contributed by atoms with Crippen molar-refractivity contribution in [3.8, 4) is 0 Å². The molecule has 0 unspecified atom stereocenters. The first-order chi connectivity index (χ1) is 9.52. The van der Waals surface area contributed by atoms with Crippen molar-refractivity contribution in [3.63, 3.8) is 0 Å². The molecule has 0 aliphatic heterocycles. The number of nitrogens with one attached hydrogen (secondary N) is 1. The van der Waals surface area contributed by atoms with E-state index in [1.807, 2.05) is 31.2 Å². The van der Waals surface area contributed by atoms with E-state index in [9.17, 15) is 14.7 Å². The van der Waals surface area contributed by atoms with Gasteiger partial charge in [0.2, 0.25) is 5.91 Å². The average Bonchev–Trinajstić information content (AvgIpc) is 2.88. The number of carbonyl (C=O) groups is 2. The van der Waals surface area contributed by atoms with Gasteiger partial charge in [-0.05, 0) is 31.9 Å². The minimum atomic E-state index is -1.04. The predicted molar refractivity (Wildman–Crippen MR) is 78.9 cm³/mol. The van der Waals surface area contributed by atoms with E-state index >= 15 is 0 Å². The molecule has 1 aliphatic rings. The maximum atomic E-state index is 12.0. The molecule has 1 fully saturated rings. The van der Waals surface area contributed by atoms with Crippen molar-refractivity contribution in [2.75, 3.05) is 5.75 Å². The molecule has 1 aromatic rings. The molecule has 0 bridgehead atoms. The van der Waals surface area contributed by atoms with Crippen molar-refractivity contribution in [3.05, 3.63) is 29.8 Å². The second kappa shape index (κ2) is 6.31.